The maximum Gasteiger partial charge on any atom is 0.0499 e. The zero-order valence-electron chi connectivity index (χ0n) is 8.95. The maximum atomic E-state index is 6.32. The van der Waals surface area contributed by atoms with Crippen LogP contribution in [0.3, 0.4) is 0 Å². The highest BCUT2D eigenvalue weighted by Crippen LogP contribution is 2.30. The molecule has 0 spiro atoms. The van der Waals surface area contributed by atoms with Crippen molar-refractivity contribution in [1.82, 2.24) is 0 Å². The van der Waals surface area contributed by atoms with Crippen molar-refractivity contribution in [1.29, 1.82) is 0 Å². The van der Waals surface area contributed by atoms with Crippen LogP contribution in [0.15, 0.2) is 49.6 Å². The fourth-order valence-electron chi connectivity index (χ4n) is 1.77. The zero-order valence-corrected chi connectivity index (χ0v) is 8.95. The Balaban J connectivity index is 3.13. The van der Waals surface area contributed by atoms with Crippen molar-refractivity contribution < 1.29 is 0 Å². The second-order valence-electron chi connectivity index (χ2n) is 3.73. The fraction of sp³-hybridized carbons (Fsp3) is 0.231. The average Bonchev–Trinajstić information content (AvgIpc) is 2.19. The summed E-state index contributed by atoms with van der Waals surface area (Å²) < 4.78 is 0. The Bertz CT molecular complexity index is 345. The molecule has 2 heteroatoms. The molecule has 1 aromatic rings. The third kappa shape index (κ3) is 2.48. The number of rotatable bonds is 5. The van der Waals surface area contributed by atoms with Gasteiger partial charge in [-0.05, 0) is 24.5 Å². The van der Waals surface area contributed by atoms with E-state index in [1.165, 1.54) is 0 Å². The van der Waals surface area contributed by atoms with Crippen LogP contribution in [0.5, 0.6) is 0 Å². The molecule has 0 fully saturated rings. The van der Waals surface area contributed by atoms with Crippen LogP contribution in [-0.4, -0.2) is 0 Å². The van der Waals surface area contributed by atoms with E-state index in [0.29, 0.717) is 12.8 Å². The van der Waals surface area contributed by atoms with Crippen LogP contribution in [0, 0.1) is 0 Å². The van der Waals surface area contributed by atoms with Gasteiger partial charge in [-0.15, -0.1) is 13.2 Å². The summed E-state index contributed by atoms with van der Waals surface area (Å²) in [4.78, 5) is 0. The van der Waals surface area contributed by atoms with Gasteiger partial charge in [-0.3, -0.25) is 0 Å². The molecule has 0 saturated carbocycles. The van der Waals surface area contributed by atoms with Crippen molar-refractivity contribution in [2.45, 2.75) is 18.4 Å². The van der Waals surface area contributed by atoms with Gasteiger partial charge >= 0.3 is 0 Å². The van der Waals surface area contributed by atoms with Gasteiger partial charge in [0.15, 0.2) is 0 Å². The summed E-state index contributed by atoms with van der Waals surface area (Å²) in [5.41, 5.74) is 13.4. The Kier molecular flexibility index (Phi) is 3.69. The van der Waals surface area contributed by atoms with E-state index in [-0.39, 0.29) is 0 Å². The van der Waals surface area contributed by atoms with E-state index < -0.39 is 5.54 Å². The van der Waals surface area contributed by atoms with E-state index in [4.69, 9.17) is 11.5 Å². The van der Waals surface area contributed by atoms with Gasteiger partial charge in [-0.1, -0.05) is 30.4 Å². The predicted octanol–water partition coefficient (Wildman–Crippen LogP) is 2.58. The lowest BCUT2D eigenvalue weighted by atomic mass is 9.83. The Morgan fingerprint density at radius 2 is 1.67 bits per heavy atom. The molecule has 0 bridgehead atoms. The molecular weight excluding hydrogens is 184 g/mol. The van der Waals surface area contributed by atoms with Gasteiger partial charge in [0.25, 0.3) is 0 Å². The summed E-state index contributed by atoms with van der Waals surface area (Å²) in [7, 11) is 0. The lowest BCUT2D eigenvalue weighted by Gasteiger charge is -2.29. The molecular formula is C13H18N2. The van der Waals surface area contributed by atoms with Gasteiger partial charge in [0.2, 0.25) is 0 Å². The molecule has 80 valence electrons. The highest BCUT2D eigenvalue weighted by atomic mass is 14.8. The van der Waals surface area contributed by atoms with E-state index in [0.717, 1.165) is 11.3 Å². The van der Waals surface area contributed by atoms with Crippen molar-refractivity contribution in [3.63, 3.8) is 0 Å². The quantitative estimate of drug-likeness (QED) is 0.569. The van der Waals surface area contributed by atoms with Crippen LogP contribution in [0.1, 0.15) is 18.4 Å². The summed E-state index contributed by atoms with van der Waals surface area (Å²) >= 11 is 0. The van der Waals surface area contributed by atoms with E-state index >= 15 is 0 Å². The van der Waals surface area contributed by atoms with E-state index in [2.05, 4.69) is 13.2 Å². The van der Waals surface area contributed by atoms with Gasteiger partial charge in [0, 0.05) is 11.2 Å². The standard InChI is InChI=1S/C13H18N2/c1-3-9-13(15,10-4-2)11-7-5-6-8-12(11)14/h3-8H,1-2,9-10,14-15H2. The molecule has 2 nitrogen and oxygen atoms in total. The molecule has 0 unspecified atom stereocenters. The molecule has 1 rings (SSSR count). The van der Waals surface area contributed by atoms with Crippen LogP contribution in [0.25, 0.3) is 0 Å². The van der Waals surface area contributed by atoms with Gasteiger partial charge < -0.3 is 11.5 Å². The Morgan fingerprint density at radius 1 is 1.13 bits per heavy atom. The molecule has 0 aliphatic rings. The topological polar surface area (TPSA) is 52.0 Å². The molecule has 0 aliphatic carbocycles. The van der Waals surface area contributed by atoms with Gasteiger partial charge in [0.1, 0.15) is 0 Å². The minimum atomic E-state index is -0.477. The minimum Gasteiger partial charge on any atom is -0.398 e. The number of para-hydroxylation sites is 1. The second-order valence-corrected chi connectivity index (χ2v) is 3.73. The summed E-state index contributed by atoms with van der Waals surface area (Å²) in [5, 5.41) is 0. The van der Waals surface area contributed by atoms with E-state index in [1.54, 1.807) is 0 Å². The SMILES string of the molecule is C=CCC(N)(CC=C)c1ccccc1N. The molecule has 0 saturated heterocycles. The first-order valence-electron chi connectivity index (χ1n) is 4.99. The van der Waals surface area contributed by atoms with Crippen LogP contribution in [-0.2, 0) is 5.54 Å². The largest absolute Gasteiger partial charge is 0.398 e. The molecule has 15 heavy (non-hydrogen) atoms. The van der Waals surface area contributed by atoms with Gasteiger partial charge in [0.05, 0.1) is 0 Å². The number of anilines is 1. The second kappa shape index (κ2) is 4.80. The highest BCUT2D eigenvalue weighted by Gasteiger charge is 2.25. The third-order valence-corrected chi connectivity index (χ3v) is 2.51. The first-order valence-corrected chi connectivity index (χ1v) is 4.99. The summed E-state index contributed by atoms with van der Waals surface area (Å²) in [5.74, 6) is 0. The molecule has 4 N–H and O–H groups in total. The average molecular weight is 202 g/mol. The van der Waals surface area contributed by atoms with Crippen LogP contribution in [0.4, 0.5) is 5.69 Å². The monoisotopic (exact) mass is 202 g/mol. The van der Waals surface area contributed by atoms with Crippen molar-refractivity contribution >= 4 is 5.69 Å². The molecule has 0 aromatic heterocycles. The molecule has 0 aliphatic heterocycles. The van der Waals surface area contributed by atoms with E-state index in [1.807, 2.05) is 36.4 Å². The number of hydrogen-bond donors (Lipinski definition) is 2. The van der Waals surface area contributed by atoms with Crippen molar-refractivity contribution in [3.05, 3.63) is 55.1 Å². The number of benzene rings is 1. The van der Waals surface area contributed by atoms with Crippen LogP contribution >= 0.6 is 0 Å². The van der Waals surface area contributed by atoms with Gasteiger partial charge in [-0.25, -0.2) is 0 Å². The maximum absolute atomic E-state index is 6.32. The summed E-state index contributed by atoms with van der Waals surface area (Å²) in [6, 6.07) is 7.67. The van der Waals surface area contributed by atoms with Crippen molar-refractivity contribution in [2.75, 3.05) is 5.73 Å². The van der Waals surface area contributed by atoms with Crippen LogP contribution in [0.2, 0.25) is 0 Å². The molecule has 0 radical (unpaired) electrons. The van der Waals surface area contributed by atoms with Crippen molar-refractivity contribution in [3.8, 4) is 0 Å². The number of nitrogens with two attached hydrogens (primary N) is 2. The Morgan fingerprint density at radius 3 is 2.13 bits per heavy atom. The summed E-state index contributed by atoms with van der Waals surface area (Å²) in [6.07, 6.45) is 5.01. The van der Waals surface area contributed by atoms with Crippen LogP contribution < -0.4 is 11.5 Å². The lowest BCUT2D eigenvalue weighted by Crippen LogP contribution is -2.36. The predicted molar refractivity (Wildman–Crippen MR) is 66.3 cm³/mol. The third-order valence-electron chi connectivity index (χ3n) is 2.51. The van der Waals surface area contributed by atoms with E-state index in [9.17, 15) is 0 Å². The Hall–Kier alpha value is -1.54. The zero-order chi connectivity index (χ0) is 11.3. The van der Waals surface area contributed by atoms with Crippen molar-refractivity contribution in [2.24, 2.45) is 5.73 Å². The minimum absolute atomic E-state index is 0.477. The molecule has 0 heterocycles. The smallest absolute Gasteiger partial charge is 0.0499 e. The molecule has 0 amide bonds. The first kappa shape index (κ1) is 11.5. The molecule has 1 aromatic carbocycles. The Labute approximate surface area is 91.3 Å². The summed E-state index contributed by atoms with van der Waals surface area (Å²) in [6.45, 7) is 7.46. The number of hydrogen-bond acceptors (Lipinski definition) is 2. The first-order chi connectivity index (χ1) is 7.14. The fourth-order valence-corrected chi connectivity index (χ4v) is 1.77. The highest BCUT2D eigenvalue weighted by molar-refractivity contribution is 5.50. The normalized spacial score (nSPS) is 11.0. The lowest BCUT2D eigenvalue weighted by molar-refractivity contribution is 0.458. The number of nitrogen functional groups attached to an aromatic ring is 1. The molecule has 0 atom stereocenters. The van der Waals surface area contributed by atoms with Gasteiger partial charge in [-0.2, -0.15) is 0 Å².